The maximum absolute atomic E-state index is 12.8. The van der Waals surface area contributed by atoms with Crippen LogP contribution in [0.25, 0.3) is 6.08 Å². The monoisotopic (exact) mass is 564 g/mol. The molecule has 35 heavy (non-hydrogen) atoms. The molecule has 1 aliphatic heterocycles. The van der Waals surface area contributed by atoms with E-state index in [0.29, 0.717) is 27.2 Å². The maximum Gasteiger partial charge on any atom is 0.343 e. The molecule has 0 aromatic heterocycles. The summed E-state index contributed by atoms with van der Waals surface area (Å²) in [7, 11) is 4.20. The van der Waals surface area contributed by atoms with Crippen LogP contribution in [-0.4, -0.2) is 62.4 Å². The number of carbonyl (C=O) groups is 4. The summed E-state index contributed by atoms with van der Waals surface area (Å²) in [4.78, 5) is 50.0. The number of ether oxygens (including phenoxy) is 4. The Morgan fingerprint density at radius 1 is 1.06 bits per heavy atom. The lowest BCUT2D eigenvalue weighted by atomic mass is 10.2. The lowest BCUT2D eigenvalue weighted by Gasteiger charge is -2.13. The first kappa shape index (κ1) is 26.1. The van der Waals surface area contributed by atoms with Crippen LogP contribution in [-0.2, 0) is 19.1 Å². The molecule has 1 fully saturated rings. The highest BCUT2D eigenvalue weighted by molar-refractivity contribution is 9.10. The first-order valence-corrected chi connectivity index (χ1v) is 11.6. The van der Waals surface area contributed by atoms with Gasteiger partial charge in [-0.1, -0.05) is 15.9 Å². The second-order valence-electron chi connectivity index (χ2n) is 6.93. The first-order chi connectivity index (χ1) is 16.7. The van der Waals surface area contributed by atoms with Gasteiger partial charge in [-0.25, -0.2) is 4.79 Å². The van der Waals surface area contributed by atoms with Gasteiger partial charge < -0.3 is 24.3 Å². The van der Waals surface area contributed by atoms with Crippen LogP contribution in [0, 0.1) is 0 Å². The summed E-state index contributed by atoms with van der Waals surface area (Å²) >= 11 is 4.11. The fourth-order valence-corrected chi connectivity index (χ4v) is 4.19. The van der Waals surface area contributed by atoms with Crippen LogP contribution in [0.4, 0.5) is 10.5 Å². The fourth-order valence-electron chi connectivity index (χ4n) is 2.93. The van der Waals surface area contributed by atoms with Crippen molar-refractivity contribution in [1.82, 2.24) is 4.90 Å². The van der Waals surface area contributed by atoms with E-state index in [1.165, 1.54) is 27.4 Å². The van der Waals surface area contributed by atoms with Gasteiger partial charge in [0.2, 0.25) is 5.91 Å². The number of anilines is 1. The number of thioether (sulfide) groups is 1. The molecule has 2 aromatic rings. The third-order valence-corrected chi connectivity index (χ3v) is 6.29. The van der Waals surface area contributed by atoms with Crippen LogP contribution < -0.4 is 19.5 Å². The molecule has 2 aromatic carbocycles. The predicted molar refractivity (Wildman–Crippen MR) is 133 cm³/mol. The van der Waals surface area contributed by atoms with Crippen LogP contribution in [0.1, 0.15) is 5.56 Å². The molecular weight excluding hydrogens is 544 g/mol. The number of esters is 1. The molecule has 0 aliphatic carbocycles. The Morgan fingerprint density at radius 3 is 2.40 bits per heavy atom. The molecule has 12 heteroatoms. The van der Waals surface area contributed by atoms with Crippen LogP contribution >= 0.6 is 27.7 Å². The first-order valence-electron chi connectivity index (χ1n) is 10.0. The highest BCUT2D eigenvalue weighted by atomic mass is 79.9. The van der Waals surface area contributed by atoms with Crippen molar-refractivity contribution in [3.05, 3.63) is 51.3 Å². The molecule has 0 bridgehead atoms. The number of benzene rings is 2. The second-order valence-corrected chi connectivity index (χ2v) is 8.78. The number of methoxy groups -OCH3 is 3. The number of nitrogens with one attached hydrogen (secondary N) is 1. The molecule has 1 saturated heterocycles. The van der Waals surface area contributed by atoms with Crippen LogP contribution in [0.2, 0.25) is 0 Å². The van der Waals surface area contributed by atoms with Crippen molar-refractivity contribution in [2.24, 2.45) is 0 Å². The number of hydrogen-bond acceptors (Lipinski definition) is 9. The van der Waals surface area contributed by atoms with Gasteiger partial charge in [0.05, 0.1) is 26.2 Å². The van der Waals surface area contributed by atoms with Gasteiger partial charge in [-0.15, -0.1) is 0 Å². The van der Waals surface area contributed by atoms with Gasteiger partial charge in [0, 0.05) is 10.2 Å². The van der Waals surface area contributed by atoms with E-state index in [1.54, 1.807) is 36.4 Å². The van der Waals surface area contributed by atoms with Crippen molar-refractivity contribution in [2.75, 3.05) is 39.8 Å². The number of amides is 3. The van der Waals surface area contributed by atoms with Gasteiger partial charge in [0.15, 0.2) is 18.1 Å². The van der Waals surface area contributed by atoms with E-state index in [0.717, 1.165) is 16.7 Å². The third kappa shape index (κ3) is 6.55. The number of nitrogens with zero attached hydrogens (tertiary/aromatic N) is 1. The average molecular weight is 565 g/mol. The van der Waals surface area contributed by atoms with E-state index in [1.807, 2.05) is 0 Å². The topological polar surface area (TPSA) is 120 Å². The second kappa shape index (κ2) is 11.8. The van der Waals surface area contributed by atoms with Crippen LogP contribution in [0.5, 0.6) is 17.2 Å². The molecule has 0 unspecified atom stereocenters. The number of halogens is 1. The number of imide groups is 1. The zero-order valence-corrected chi connectivity index (χ0v) is 21.4. The summed E-state index contributed by atoms with van der Waals surface area (Å²) < 4.78 is 20.9. The molecule has 0 radical (unpaired) electrons. The maximum atomic E-state index is 12.8. The lowest BCUT2D eigenvalue weighted by Crippen LogP contribution is -2.36. The number of rotatable bonds is 9. The van der Waals surface area contributed by atoms with E-state index < -0.39 is 29.6 Å². The van der Waals surface area contributed by atoms with Gasteiger partial charge in [-0.3, -0.25) is 19.3 Å². The average Bonchev–Trinajstić information content (AvgIpc) is 3.11. The van der Waals surface area contributed by atoms with Crippen molar-refractivity contribution in [3.8, 4) is 17.2 Å². The molecule has 0 saturated carbocycles. The van der Waals surface area contributed by atoms with E-state index in [-0.39, 0.29) is 17.3 Å². The molecule has 1 N–H and O–H groups in total. The normalized spacial score (nSPS) is 14.2. The van der Waals surface area contributed by atoms with Crippen molar-refractivity contribution < 1.29 is 38.1 Å². The summed E-state index contributed by atoms with van der Waals surface area (Å²) in [6.45, 7) is -0.741. The highest BCUT2D eigenvalue weighted by Gasteiger charge is 2.36. The Bertz CT molecular complexity index is 1180. The summed E-state index contributed by atoms with van der Waals surface area (Å²) in [6.07, 6.45) is 1.50. The van der Waals surface area contributed by atoms with Crippen LogP contribution in [0.3, 0.4) is 0 Å². The van der Waals surface area contributed by atoms with Crippen molar-refractivity contribution >= 4 is 62.5 Å². The number of carbonyl (C=O) groups excluding carboxylic acids is 4. The van der Waals surface area contributed by atoms with E-state index in [4.69, 9.17) is 14.2 Å². The standard InChI is InChI=1S/C23H21BrN2O8S/c1-31-15-6-4-14(5-7-15)25-20(27)11-26-22(29)19(35-23(26)30)9-13-8-17(32-2)18(10-16(13)24)34-12-21(28)33-3/h4-10H,11-12H2,1-3H3,(H,25,27)/b19-9+. The molecule has 0 spiro atoms. The Hall–Kier alpha value is -3.51. The molecule has 10 nitrogen and oxygen atoms in total. The van der Waals surface area contributed by atoms with Crippen molar-refractivity contribution in [2.45, 2.75) is 0 Å². The summed E-state index contributed by atoms with van der Waals surface area (Å²) in [6, 6.07) is 9.80. The Balaban J connectivity index is 1.72. The fraction of sp³-hybridized carbons (Fsp3) is 0.217. The molecule has 3 amide bonds. The largest absolute Gasteiger partial charge is 0.497 e. The minimum Gasteiger partial charge on any atom is -0.497 e. The molecule has 0 atom stereocenters. The smallest absolute Gasteiger partial charge is 0.343 e. The quantitative estimate of drug-likeness (QED) is 0.359. The summed E-state index contributed by atoms with van der Waals surface area (Å²) in [5.74, 6) is -0.455. The van der Waals surface area contributed by atoms with E-state index in [2.05, 4.69) is 26.0 Å². The third-order valence-electron chi connectivity index (χ3n) is 4.69. The van der Waals surface area contributed by atoms with Crippen LogP contribution in [0.15, 0.2) is 45.8 Å². The Morgan fingerprint density at radius 2 is 1.77 bits per heavy atom. The van der Waals surface area contributed by atoms with E-state index in [9.17, 15) is 19.2 Å². The van der Waals surface area contributed by atoms with Gasteiger partial charge in [0.25, 0.3) is 11.1 Å². The minimum atomic E-state index is -0.596. The van der Waals surface area contributed by atoms with Gasteiger partial charge in [0.1, 0.15) is 12.3 Å². The van der Waals surface area contributed by atoms with Crippen molar-refractivity contribution in [3.63, 3.8) is 0 Å². The number of hydrogen-bond donors (Lipinski definition) is 1. The lowest BCUT2D eigenvalue weighted by molar-refractivity contribution is -0.143. The zero-order valence-electron chi connectivity index (χ0n) is 19.0. The van der Waals surface area contributed by atoms with Gasteiger partial charge in [-0.05, 0) is 59.8 Å². The van der Waals surface area contributed by atoms with E-state index >= 15 is 0 Å². The van der Waals surface area contributed by atoms with Gasteiger partial charge in [-0.2, -0.15) is 0 Å². The highest BCUT2D eigenvalue weighted by Crippen LogP contribution is 2.38. The molecule has 184 valence electrons. The zero-order chi connectivity index (χ0) is 25.5. The SMILES string of the molecule is COC(=O)COc1cc(Br)c(/C=C2/SC(=O)N(CC(=O)Nc3ccc(OC)cc3)C2=O)cc1OC. The Kier molecular flexibility index (Phi) is 8.77. The van der Waals surface area contributed by atoms with Crippen molar-refractivity contribution in [1.29, 1.82) is 0 Å². The van der Waals surface area contributed by atoms with Gasteiger partial charge >= 0.3 is 5.97 Å². The minimum absolute atomic E-state index is 0.137. The molecule has 1 aliphatic rings. The summed E-state index contributed by atoms with van der Waals surface area (Å²) in [5.41, 5.74) is 1.03. The predicted octanol–water partition coefficient (Wildman–Crippen LogP) is 3.69. The molecule has 1 heterocycles. The summed E-state index contributed by atoms with van der Waals surface area (Å²) in [5, 5.41) is 2.08. The Labute approximate surface area is 213 Å². The molecular formula is C23H21BrN2O8S. The molecule has 3 rings (SSSR count).